The number of benzene rings is 2. The van der Waals surface area contributed by atoms with Crippen molar-refractivity contribution in [3.05, 3.63) is 70.8 Å². The maximum Gasteiger partial charge on any atom is 0.253 e. The first-order valence-corrected chi connectivity index (χ1v) is 10.0. The van der Waals surface area contributed by atoms with Crippen LogP contribution in [0.3, 0.4) is 0 Å². The highest BCUT2D eigenvalue weighted by Gasteiger charge is 2.19. The van der Waals surface area contributed by atoms with Gasteiger partial charge in [0.05, 0.1) is 0 Å². The van der Waals surface area contributed by atoms with Crippen LogP contribution in [0, 0.1) is 6.92 Å². The second-order valence-corrected chi connectivity index (χ2v) is 7.35. The van der Waals surface area contributed by atoms with E-state index in [-0.39, 0.29) is 30.7 Å². The lowest BCUT2D eigenvalue weighted by molar-refractivity contribution is -0.121. The summed E-state index contributed by atoms with van der Waals surface area (Å²) in [6, 6.07) is 14.7. The van der Waals surface area contributed by atoms with Crippen LogP contribution in [0.4, 0.5) is 0 Å². The van der Waals surface area contributed by atoms with Crippen molar-refractivity contribution in [2.24, 2.45) is 0 Å². The zero-order valence-electron chi connectivity index (χ0n) is 16.7. The van der Waals surface area contributed by atoms with Crippen molar-refractivity contribution in [3.8, 4) is 0 Å². The second-order valence-electron chi connectivity index (χ2n) is 7.35. The molecular formula is C23H27N3O3. The van der Waals surface area contributed by atoms with E-state index in [0.29, 0.717) is 17.7 Å². The Morgan fingerprint density at radius 2 is 1.66 bits per heavy atom. The first-order valence-electron chi connectivity index (χ1n) is 10.0. The Balaban J connectivity index is 1.39. The standard InChI is InChI=1S/C23H27N3O3/c1-17-5-4-6-20(15-17)22(28)24-12-11-21(27)25-16-18-7-9-19(10-8-18)23(29)26-13-2-3-14-26/h4-10,15H,2-3,11-14,16H2,1H3,(H,24,28)(H,25,27). The molecule has 3 amide bonds. The van der Waals surface area contributed by atoms with Crippen molar-refractivity contribution in [3.63, 3.8) is 0 Å². The highest BCUT2D eigenvalue weighted by Crippen LogP contribution is 2.13. The molecular weight excluding hydrogens is 366 g/mol. The van der Waals surface area contributed by atoms with E-state index < -0.39 is 0 Å². The molecule has 1 fully saturated rings. The highest BCUT2D eigenvalue weighted by atomic mass is 16.2. The lowest BCUT2D eigenvalue weighted by atomic mass is 10.1. The van der Waals surface area contributed by atoms with Crippen LogP contribution in [-0.4, -0.2) is 42.3 Å². The lowest BCUT2D eigenvalue weighted by Crippen LogP contribution is -2.30. The Hall–Kier alpha value is -3.15. The molecule has 0 aliphatic carbocycles. The topological polar surface area (TPSA) is 78.5 Å². The SMILES string of the molecule is Cc1cccc(C(=O)NCCC(=O)NCc2ccc(C(=O)N3CCCC3)cc2)c1. The number of carbonyl (C=O) groups excluding carboxylic acids is 3. The number of amides is 3. The molecule has 1 heterocycles. The molecule has 0 spiro atoms. The predicted octanol–water partition coefficient (Wildman–Crippen LogP) is 2.67. The van der Waals surface area contributed by atoms with E-state index in [9.17, 15) is 14.4 Å². The summed E-state index contributed by atoms with van der Waals surface area (Å²) < 4.78 is 0. The van der Waals surface area contributed by atoms with Gasteiger partial charge in [-0.15, -0.1) is 0 Å². The highest BCUT2D eigenvalue weighted by molar-refractivity contribution is 5.95. The van der Waals surface area contributed by atoms with Crippen LogP contribution in [0.1, 0.15) is 51.1 Å². The lowest BCUT2D eigenvalue weighted by Gasteiger charge is -2.15. The summed E-state index contributed by atoms with van der Waals surface area (Å²) in [4.78, 5) is 38.3. The third kappa shape index (κ3) is 5.91. The Kier molecular flexibility index (Phi) is 7.00. The molecule has 2 aromatic carbocycles. The molecule has 1 aliphatic heterocycles. The summed E-state index contributed by atoms with van der Waals surface area (Å²) in [7, 11) is 0. The smallest absolute Gasteiger partial charge is 0.253 e. The van der Waals surface area contributed by atoms with E-state index in [1.54, 1.807) is 6.07 Å². The summed E-state index contributed by atoms with van der Waals surface area (Å²) in [6.45, 7) is 4.26. The van der Waals surface area contributed by atoms with E-state index in [2.05, 4.69) is 10.6 Å². The van der Waals surface area contributed by atoms with Crippen molar-refractivity contribution in [1.29, 1.82) is 0 Å². The summed E-state index contributed by atoms with van der Waals surface area (Å²) in [6.07, 6.45) is 2.35. The molecule has 0 saturated carbocycles. The Morgan fingerprint density at radius 3 is 2.34 bits per heavy atom. The van der Waals surface area contributed by atoms with Gasteiger partial charge in [0.25, 0.3) is 11.8 Å². The van der Waals surface area contributed by atoms with Gasteiger partial charge in [0, 0.05) is 43.7 Å². The number of carbonyl (C=O) groups is 3. The van der Waals surface area contributed by atoms with Crippen LogP contribution in [0.5, 0.6) is 0 Å². The van der Waals surface area contributed by atoms with Gasteiger partial charge in [0.1, 0.15) is 0 Å². The number of nitrogens with one attached hydrogen (secondary N) is 2. The number of likely N-dealkylation sites (tertiary alicyclic amines) is 1. The molecule has 1 saturated heterocycles. The maximum atomic E-state index is 12.3. The van der Waals surface area contributed by atoms with Crippen molar-refractivity contribution in [2.45, 2.75) is 32.7 Å². The zero-order chi connectivity index (χ0) is 20.6. The van der Waals surface area contributed by atoms with Gasteiger partial charge in [-0.05, 0) is 49.6 Å². The van der Waals surface area contributed by atoms with E-state index in [4.69, 9.17) is 0 Å². The summed E-state index contributed by atoms with van der Waals surface area (Å²) in [5.74, 6) is -0.242. The van der Waals surface area contributed by atoms with Crippen LogP contribution in [-0.2, 0) is 11.3 Å². The second kappa shape index (κ2) is 9.87. The average Bonchev–Trinajstić information content (AvgIpc) is 3.27. The first kappa shape index (κ1) is 20.6. The molecule has 2 N–H and O–H groups in total. The van der Waals surface area contributed by atoms with Gasteiger partial charge in [0.15, 0.2) is 0 Å². The fourth-order valence-electron chi connectivity index (χ4n) is 3.33. The zero-order valence-corrected chi connectivity index (χ0v) is 16.7. The molecule has 29 heavy (non-hydrogen) atoms. The molecule has 6 nitrogen and oxygen atoms in total. The summed E-state index contributed by atoms with van der Waals surface area (Å²) >= 11 is 0. The molecule has 2 aromatic rings. The number of hydrogen-bond acceptors (Lipinski definition) is 3. The summed E-state index contributed by atoms with van der Waals surface area (Å²) in [5, 5.41) is 5.60. The van der Waals surface area contributed by atoms with Gasteiger partial charge in [0.2, 0.25) is 5.91 Å². The van der Waals surface area contributed by atoms with Crippen LogP contribution in [0.2, 0.25) is 0 Å². The molecule has 0 aromatic heterocycles. The normalized spacial score (nSPS) is 13.2. The van der Waals surface area contributed by atoms with E-state index in [0.717, 1.165) is 37.1 Å². The van der Waals surface area contributed by atoms with E-state index >= 15 is 0 Å². The van der Waals surface area contributed by atoms with Crippen molar-refractivity contribution < 1.29 is 14.4 Å². The number of rotatable bonds is 7. The van der Waals surface area contributed by atoms with Crippen molar-refractivity contribution in [1.82, 2.24) is 15.5 Å². The molecule has 0 atom stereocenters. The minimum absolute atomic E-state index is 0.0717. The monoisotopic (exact) mass is 393 g/mol. The van der Waals surface area contributed by atoms with Crippen LogP contribution in [0.15, 0.2) is 48.5 Å². The number of nitrogens with zero attached hydrogens (tertiary/aromatic N) is 1. The molecule has 0 unspecified atom stereocenters. The minimum atomic E-state index is -0.181. The quantitative estimate of drug-likeness (QED) is 0.759. The van der Waals surface area contributed by atoms with Gasteiger partial charge < -0.3 is 15.5 Å². The molecule has 0 bridgehead atoms. The largest absolute Gasteiger partial charge is 0.352 e. The van der Waals surface area contributed by atoms with Crippen LogP contribution < -0.4 is 10.6 Å². The fraction of sp³-hybridized carbons (Fsp3) is 0.348. The fourth-order valence-corrected chi connectivity index (χ4v) is 3.33. The number of aryl methyl sites for hydroxylation is 1. The van der Waals surface area contributed by atoms with Crippen LogP contribution >= 0.6 is 0 Å². The molecule has 0 radical (unpaired) electrons. The Morgan fingerprint density at radius 1 is 0.931 bits per heavy atom. The predicted molar refractivity (Wildman–Crippen MR) is 112 cm³/mol. The molecule has 6 heteroatoms. The Bertz CT molecular complexity index is 871. The first-order chi connectivity index (χ1) is 14.0. The number of hydrogen-bond donors (Lipinski definition) is 2. The van der Waals surface area contributed by atoms with E-state index in [1.165, 1.54) is 0 Å². The van der Waals surface area contributed by atoms with Gasteiger partial charge in [-0.2, -0.15) is 0 Å². The van der Waals surface area contributed by atoms with Crippen LogP contribution in [0.25, 0.3) is 0 Å². The Labute approximate surface area is 171 Å². The third-order valence-electron chi connectivity index (χ3n) is 5.00. The van der Waals surface area contributed by atoms with Gasteiger partial charge in [-0.3, -0.25) is 14.4 Å². The van der Waals surface area contributed by atoms with Gasteiger partial charge in [-0.1, -0.05) is 29.8 Å². The summed E-state index contributed by atoms with van der Waals surface area (Å²) in [5.41, 5.74) is 3.22. The van der Waals surface area contributed by atoms with Crippen molar-refractivity contribution >= 4 is 17.7 Å². The van der Waals surface area contributed by atoms with Crippen molar-refractivity contribution in [2.75, 3.05) is 19.6 Å². The molecule has 152 valence electrons. The molecule has 3 rings (SSSR count). The molecule has 1 aliphatic rings. The van der Waals surface area contributed by atoms with Gasteiger partial charge >= 0.3 is 0 Å². The minimum Gasteiger partial charge on any atom is -0.352 e. The maximum absolute atomic E-state index is 12.3. The third-order valence-corrected chi connectivity index (χ3v) is 5.00. The van der Waals surface area contributed by atoms with E-state index in [1.807, 2.05) is 54.3 Å². The van der Waals surface area contributed by atoms with Gasteiger partial charge in [-0.25, -0.2) is 0 Å². The average molecular weight is 393 g/mol.